The third kappa shape index (κ3) is 1.36. The monoisotopic (exact) mass is 208 g/mol. The lowest BCUT2D eigenvalue weighted by molar-refractivity contribution is 0.0811. The first-order valence-electron chi connectivity index (χ1n) is 4.38. The zero-order chi connectivity index (χ0) is 11.2. The molecule has 2 rings (SSSR count). The average Bonchev–Trinajstić information content (AvgIpc) is 2.41. The van der Waals surface area contributed by atoms with E-state index in [1.165, 1.54) is 11.0 Å². The lowest BCUT2D eigenvalue weighted by Gasteiger charge is -2.05. The van der Waals surface area contributed by atoms with Gasteiger partial charge in [0.05, 0.1) is 11.1 Å². The Morgan fingerprint density at radius 3 is 2.80 bits per heavy atom. The number of benzene rings is 1. The highest BCUT2D eigenvalue weighted by Gasteiger charge is 2.29. The predicted octanol–water partition coefficient (Wildman–Crippen LogP) is 0.510. The lowest BCUT2D eigenvalue weighted by atomic mass is 10.0. The van der Waals surface area contributed by atoms with Crippen LogP contribution in [0, 0.1) is 5.82 Å². The quantitative estimate of drug-likeness (QED) is 0.730. The van der Waals surface area contributed by atoms with Gasteiger partial charge < -0.3 is 10.6 Å². The molecule has 1 aromatic carbocycles. The summed E-state index contributed by atoms with van der Waals surface area (Å²) >= 11 is 0. The number of carbonyl (C=O) groups excluding carboxylic acids is 2. The van der Waals surface area contributed by atoms with Crippen molar-refractivity contribution in [1.29, 1.82) is 0 Å². The molecule has 1 aromatic rings. The van der Waals surface area contributed by atoms with E-state index in [1.807, 2.05) is 0 Å². The van der Waals surface area contributed by atoms with Gasteiger partial charge in [0, 0.05) is 13.6 Å². The molecule has 0 radical (unpaired) electrons. The molecular weight excluding hydrogens is 199 g/mol. The van der Waals surface area contributed by atoms with Crippen LogP contribution in [0.2, 0.25) is 0 Å². The molecule has 0 atom stereocenters. The van der Waals surface area contributed by atoms with E-state index in [0.29, 0.717) is 12.1 Å². The van der Waals surface area contributed by atoms with Crippen molar-refractivity contribution in [2.75, 3.05) is 7.05 Å². The minimum Gasteiger partial charge on any atom is -0.366 e. The molecule has 1 aliphatic heterocycles. The molecule has 78 valence electrons. The van der Waals surface area contributed by atoms with Crippen LogP contribution in [0.4, 0.5) is 4.39 Å². The molecular formula is C10H9FN2O2. The second kappa shape index (κ2) is 3.05. The van der Waals surface area contributed by atoms with Gasteiger partial charge >= 0.3 is 0 Å². The highest BCUT2D eigenvalue weighted by Crippen LogP contribution is 2.25. The van der Waals surface area contributed by atoms with Gasteiger partial charge in [-0.05, 0) is 17.7 Å². The molecule has 0 aliphatic carbocycles. The third-order valence-corrected chi connectivity index (χ3v) is 2.42. The van der Waals surface area contributed by atoms with Crippen molar-refractivity contribution >= 4 is 11.8 Å². The molecule has 0 spiro atoms. The summed E-state index contributed by atoms with van der Waals surface area (Å²) in [4.78, 5) is 24.1. The Bertz CT molecular complexity index is 471. The third-order valence-electron chi connectivity index (χ3n) is 2.42. The van der Waals surface area contributed by atoms with Crippen LogP contribution in [-0.2, 0) is 6.54 Å². The molecule has 0 saturated heterocycles. The summed E-state index contributed by atoms with van der Waals surface area (Å²) in [6.07, 6.45) is 0. The van der Waals surface area contributed by atoms with Crippen molar-refractivity contribution in [3.63, 3.8) is 0 Å². The normalized spacial score (nSPS) is 14.3. The fourth-order valence-electron chi connectivity index (χ4n) is 1.75. The average molecular weight is 208 g/mol. The van der Waals surface area contributed by atoms with Crippen LogP contribution in [0.5, 0.6) is 0 Å². The number of amides is 2. The van der Waals surface area contributed by atoms with Crippen molar-refractivity contribution < 1.29 is 14.0 Å². The highest BCUT2D eigenvalue weighted by molar-refractivity contribution is 6.09. The van der Waals surface area contributed by atoms with E-state index in [1.54, 1.807) is 7.05 Å². The zero-order valence-corrected chi connectivity index (χ0v) is 8.08. The van der Waals surface area contributed by atoms with Crippen molar-refractivity contribution in [3.05, 3.63) is 34.6 Å². The summed E-state index contributed by atoms with van der Waals surface area (Å²) in [6.45, 7) is 0.312. The Labute approximate surface area is 85.5 Å². The smallest absolute Gasteiger partial charge is 0.255 e. The Morgan fingerprint density at radius 2 is 2.20 bits per heavy atom. The van der Waals surface area contributed by atoms with Crippen LogP contribution in [0.3, 0.4) is 0 Å². The number of fused-ring (bicyclic) bond motifs is 1. The van der Waals surface area contributed by atoms with Gasteiger partial charge in [-0.25, -0.2) is 4.39 Å². The minimum absolute atomic E-state index is 0.0423. The van der Waals surface area contributed by atoms with Crippen molar-refractivity contribution in [2.45, 2.75) is 6.54 Å². The number of hydrogen-bond acceptors (Lipinski definition) is 2. The maximum Gasteiger partial charge on any atom is 0.255 e. The summed E-state index contributed by atoms with van der Waals surface area (Å²) in [5, 5.41) is 0. The molecule has 1 heterocycles. The standard InChI is InChI=1S/C10H9FN2O2/c1-13-4-5-2-6(11)3-7(9(12)14)8(5)10(13)15/h2-3H,4H2,1H3,(H2,12,14). The molecule has 2 N–H and O–H groups in total. The molecule has 0 aromatic heterocycles. The molecule has 0 fully saturated rings. The molecule has 0 bridgehead atoms. The van der Waals surface area contributed by atoms with Crippen LogP contribution in [0.15, 0.2) is 12.1 Å². The fourth-order valence-corrected chi connectivity index (χ4v) is 1.75. The molecule has 2 amide bonds. The minimum atomic E-state index is -0.783. The second-order valence-electron chi connectivity index (χ2n) is 3.51. The van der Waals surface area contributed by atoms with Crippen LogP contribution < -0.4 is 5.73 Å². The van der Waals surface area contributed by atoms with Crippen LogP contribution in [-0.4, -0.2) is 23.8 Å². The van der Waals surface area contributed by atoms with E-state index in [-0.39, 0.29) is 17.0 Å². The molecule has 5 heteroatoms. The number of primary amides is 1. The van der Waals surface area contributed by atoms with Crippen molar-refractivity contribution in [3.8, 4) is 0 Å². The van der Waals surface area contributed by atoms with Gasteiger partial charge in [-0.2, -0.15) is 0 Å². The first kappa shape index (κ1) is 9.64. The van der Waals surface area contributed by atoms with E-state index in [9.17, 15) is 14.0 Å². The van der Waals surface area contributed by atoms with E-state index < -0.39 is 11.7 Å². The zero-order valence-electron chi connectivity index (χ0n) is 8.08. The highest BCUT2D eigenvalue weighted by atomic mass is 19.1. The van der Waals surface area contributed by atoms with Crippen molar-refractivity contribution in [1.82, 2.24) is 4.90 Å². The van der Waals surface area contributed by atoms with Gasteiger partial charge in [0.1, 0.15) is 5.82 Å². The summed E-state index contributed by atoms with van der Waals surface area (Å²) in [6, 6.07) is 2.25. The van der Waals surface area contributed by atoms with Gasteiger partial charge in [0.15, 0.2) is 0 Å². The maximum absolute atomic E-state index is 13.1. The summed E-state index contributed by atoms with van der Waals surface area (Å²) in [5.74, 6) is -1.63. The first-order chi connectivity index (χ1) is 7.00. The molecule has 0 unspecified atom stereocenters. The van der Waals surface area contributed by atoms with Crippen LogP contribution in [0.1, 0.15) is 26.3 Å². The largest absolute Gasteiger partial charge is 0.366 e. The van der Waals surface area contributed by atoms with Gasteiger partial charge in [-0.3, -0.25) is 9.59 Å². The molecule has 15 heavy (non-hydrogen) atoms. The summed E-state index contributed by atoms with van der Waals surface area (Å²) < 4.78 is 13.1. The fraction of sp³-hybridized carbons (Fsp3) is 0.200. The van der Waals surface area contributed by atoms with Gasteiger partial charge in [-0.1, -0.05) is 0 Å². The Hall–Kier alpha value is -1.91. The topological polar surface area (TPSA) is 63.4 Å². The van der Waals surface area contributed by atoms with E-state index in [2.05, 4.69) is 0 Å². The SMILES string of the molecule is CN1Cc2cc(F)cc(C(N)=O)c2C1=O. The number of nitrogens with zero attached hydrogens (tertiary/aromatic N) is 1. The summed E-state index contributed by atoms with van der Waals surface area (Å²) in [7, 11) is 1.59. The number of halogens is 1. The van der Waals surface area contributed by atoms with Crippen molar-refractivity contribution in [2.24, 2.45) is 5.73 Å². The van der Waals surface area contributed by atoms with Gasteiger partial charge in [0.25, 0.3) is 5.91 Å². The Balaban J connectivity index is 2.69. The number of rotatable bonds is 1. The van der Waals surface area contributed by atoms with Gasteiger partial charge in [0.2, 0.25) is 5.91 Å². The first-order valence-corrected chi connectivity index (χ1v) is 4.38. The molecule has 1 aliphatic rings. The predicted molar refractivity (Wildman–Crippen MR) is 50.7 cm³/mol. The van der Waals surface area contributed by atoms with Crippen LogP contribution in [0.25, 0.3) is 0 Å². The van der Waals surface area contributed by atoms with Crippen LogP contribution >= 0.6 is 0 Å². The number of carbonyl (C=O) groups is 2. The summed E-state index contributed by atoms with van der Waals surface area (Å²) in [5.41, 5.74) is 5.78. The lowest BCUT2D eigenvalue weighted by Crippen LogP contribution is -2.21. The Kier molecular flexibility index (Phi) is 1.96. The van der Waals surface area contributed by atoms with E-state index in [0.717, 1.165) is 6.07 Å². The maximum atomic E-state index is 13.1. The van der Waals surface area contributed by atoms with Gasteiger partial charge in [-0.15, -0.1) is 0 Å². The second-order valence-corrected chi connectivity index (χ2v) is 3.51. The van der Waals surface area contributed by atoms with E-state index in [4.69, 9.17) is 5.73 Å². The van der Waals surface area contributed by atoms with E-state index >= 15 is 0 Å². The number of nitrogens with two attached hydrogens (primary N) is 1. The molecule has 0 saturated carbocycles. The number of hydrogen-bond donors (Lipinski definition) is 1. The molecule has 4 nitrogen and oxygen atoms in total. The Morgan fingerprint density at radius 1 is 1.53 bits per heavy atom.